The van der Waals surface area contributed by atoms with Gasteiger partial charge in [-0.3, -0.25) is 0 Å². The summed E-state index contributed by atoms with van der Waals surface area (Å²) in [6, 6.07) is 4.70. The molecule has 3 N–H and O–H groups in total. The lowest BCUT2D eigenvalue weighted by atomic mass is 10.1. The topological polar surface area (TPSA) is 72.2 Å². The maximum absolute atomic E-state index is 12.3. The quantitative estimate of drug-likeness (QED) is 0.752. The van der Waals surface area contributed by atoms with Crippen LogP contribution in [0.25, 0.3) is 0 Å². The molecule has 0 fully saturated rings. The van der Waals surface area contributed by atoms with Gasteiger partial charge in [-0.05, 0) is 46.5 Å². The number of nitrogens with one attached hydrogen (secondary N) is 1. The largest absolute Gasteiger partial charge is 0.329 e. The molecule has 0 aliphatic carbocycles. The van der Waals surface area contributed by atoms with E-state index in [4.69, 9.17) is 5.73 Å². The van der Waals surface area contributed by atoms with Crippen LogP contribution < -0.4 is 10.5 Å². The zero-order valence-electron chi connectivity index (χ0n) is 10.9. The molecule has 0 aliphatic heterocycles. The van der Waals surface area contributed by atoms with E-state index < -0.39 is 10.0 Å². The smallest absolute Gasteiger partial charge is 0.241 e. The predicted octanol–water partition coefficient (Wildman–Crippen LogP) is 2.86. The number of hydrogen-bond acceptors (Lipinski definition) is 3. The average Bonchev–Trinajstić information content (AvgIpc) is 2.26. The van der Waals surface area contributed by atoms with Crippen molar-refractivity contribution in [1.29, 1.82) is 0 Å². The number of halogens is 2. The summed E-state index contributed by atoms with van der Waals surface area (Å²) in [6.07, 6.45) is 0.712. The Morgan fingerprint density at radius 2 is 1.95 bits per heavy atom. The molecule has 0 saturated carbocycles. The number of benzene rings is 1. The zero-order valence-corrected chi connectivity index (χ0v) is 14.8. The summed E-state index contributed by atoms with van der Waals surface area (Å²) in [6.45, 7) is 4.35. The van der Waals surface area contributed by atoms with Gasteiger partial charge in [-0.15, -0.1) is 0 Å². The molecule has 0 saturated heterocycles. The third kappa shape index (κ3) is 5.15. The first-order chi connectivity index (χ1) is 8.76. The van der Waals surface area contributed by atoms with Gasteiger partial charge in [-0.2, -0.15) is 0 Å². The Morgan fingerprint density at radius 3 is 2.42 bits per heavy atom. The Hall–Kier alpha value is 0.0500. The molecule has 1 aromatic rings. The number of rotatable bonds is 6. The van der Waals surface area contributed by atoms with Crippen LogP contribution in [0.4, 0.5) is 0 Å². The molecule has 0 amide bonds. The lowest BCUT2D eigenvalue weighted by molar-refractivity contribution is 0.465. The van der Waals surface area contributed by atoms with Crippen LogP contribution in [0.15, 0.2) is 32.0 Å². The van der Waals surface area contributed by atoms with E-state index in [1.54, 1.807) is 18.2 Å². The molecule has 1 unspecified atom stereocenters. The van der Waals surface area contributed by atoms with Crippen molar-refractivity contribution in [2.45, 2.75) is 31.2 Å². The lowest BCUT2D eigenvalue weighted by Crippen LogP contribution is -2.41. The lowest BCUT2D eigenvalue weighted by Gasteiger charge is -2.19. The SMILES string of the molecule is CC(C)CC(CN)NS(=O)(=O)c1ccc(Br)cc1Br. The number of nitrogens with two attached hydrogens (primary N) is 1. The molecule has 0 heterocycles. The van der Waals surface area contributed by atoms with Gasteiger partial charge in [-0.1, -0.05) is 29.8 Å². The van der Waals surface area contributed by atoms with Crippen molar-refractivity contribution in [3.8, 4) is 0 Å². The molecule has 19 heavy (non-hydrogen) atoms. The van der Waals surface area contributed by atoms with Gasteiger partial charge in [0.05, 0.1) is 4.90 Å². The molecule has 0 spiro atoms. The highest BCUT2D eigenvalue weighted by atomic mass is 79.9. The van der Waals surface area contributed by atoms with Crippen LogP contribution in [0.5, 0.6) is 0 Å². The summed E-state index contributed by atoms with van der Waals surface area (Å²) in [4.78, 5) is 0.220. The van der Waals surface area contributed by atoms with Gasteiger partial charge in [0, 0.05) is 21.5 Å². The van der Waals surface area contributed by atoms with Crippen LogP contribution in [0.3, 0.4) is 0 Å². The standard InChI is InChI=1S/C12H18Br2N2O2S/c1-8(2)5-10(7-15)16-19(17,18)12-4-3-9(13)6-11(12)14/h3-4,6,8,10,16H,5,7,15H2,1-2H3. The number of hydrogen-bond donors (Lipinski definition) is 2. The van der Waals surface area contributed by atoms with Crippen molar-refractivity contribution in [2.24, 2.45) is 11.7 Å². The van der Waals surface area contributed by atoms with Gasteiger partial charge in [-0.25, -0.2) is 13.1 Å². The molecular weight excluding hydrogens is 396 g/mol. The molecule has 0 radical (unpaired) electrons. The molecular formula is C12H18Br2N2O2S. The summed E-state index contributed by atoms with van der Waals surface area (Å²) >= 11 is 6.56. The van der Waals surface area contributed by atoms with E-state index in [1.165, 1.54) is 0 Å². The van der Waals surface area contributed by atoms with Gasteiger partial charge in [0.15, 0.2) is 0 Å². The van der Waals surface area contributed by atoms with E-state index in [0.717, 1.165) is 4.47 Å². The molecule has 4 nitrogen and oxygen atoms in total. The van der Waals surface area contributed by atoms with E-state index in [2.05, 4.69) is 36.6 Å². The minimum atomic E-state index is -3.56. The van der Waals surface area contributed by atoms with Gasteiger partial charge in [0.25, 0.3) is 0 Å². The Bertz CT molecular complexity index is 533. The predicted molar refractivity (Wildman–Crippen MR) is 84.5 cm³/mol. The van der Waals surface area contributed by atoms with Crippen LogP contribution in [0.1, 0.15) is 20.3 Å². The first-order valence-corrected chi connectivity index (χ1v) is 9.00. The van der Waals surface area contributed by atoms with Crippen LogP contribution in [-0.4, -0.2) is 21.0 Å². The second-order valence-electron chi connectivity index (χ2n) is 4.76. The summed E-state index contributed by atoms with van der Waals surface area (Å²) in [7, 11) is -3.56. The fraction of sp³-hybridized carbons (Fsp3) is 0.500. The molecule has 0 bridgehead atoms. The van der Waals surface area contributed by atoms with Crippen molar-refractivity contribution in [1.82, 2.24) is 4.72 Å². The first-order valence-electron chi connectivity index (χ1n) is 5.93. The minimum absolute atomic E-state index is 0.220. The Kier molecular flexibility index (Phi) is 6.46. The fourth-order valence-corrected chi connectivity index (χ4v) is 4.74. The van der Waals surface area contributed by atoms with E-state index in [9.17, 15) is 8.42 Å². The molecule has 1 atom stereocenters. The van der Waals surface area contributed by atoms with Crippen molar-refractivity contribution in [3.05, 3.63) is 27.1 Å². The van der Waals surface area contributed by atoms with Crippen molar-refractivity contribution < 1.29 is 8.42 Å². The van der Waals surface area contributed by atoms with E-state index in [1.807, 2.05) is 13.8 Å². The zero-order chi connectivity index (χ0) is 14.6. The van der Waals surface area contributed by atoms with Crippen LogP contribution in [0.2, 0.25) is 0 Å². The molecule has 1 aromatic carbocycles. The van der Waals surface area contributed by atoms with Crippen LogP contribution in [0, 0.1) is 5.92 Å². The maximum Gasteiger partial charge on any atom is 0.241 e. The van der Waals surface area contributed by atoms with Gasteiger partial charge < -0.3 is 5.73 Å². The average molecular weight is 414 g/mol. The molecule has 1 rings (SSSR count). The van der Waals surface area contributed by atoms with E-state index in [-0.39, 0.29) is 17.5 Å². The van der Waals surface area contributed by atoms with Gasteiger partial charge >= 0.3 is 0 Å². The minimum Gasteiger partial charge on any atom is -0.329 e. The molecule has 0 aliphatic rings. The second-order valence-corrected chi connectivity index (χ2v) is 8.21. The Morgan fingerprint density at radius 1 is 1.32 bits per heavy atom. The first kappa shape index (κ1) is 17.1. The molecule has 108 valence electrons. The molecule has 0 aromatic heterocycles. The van der Waals surface area contributed by atoms with E-state index >= 15 is 0 Å². The van der Waals surface area contributed by atoms with Gasteiger partial charge in [0.2, 0.25) is 10.0 Å². The van der Waals surface area contributed by atoms with Crippen LogP contribution in [-0.2, 0) is 10.0 Å². The Labute approximate surface area is 131 Å². The summed E-state index contributed by atoms with van der Waals surface area (Å²) in [5.41, 5.74) is 5.62. The normalized spacial score (nSPS) is 13.8. The summed E-state index contributed by atoms with van der Waals surface area (Å²) in [5, 5.41) is 0. The Balaban J connectivity index is 2.97. The highest BCUT2D eigenvalue weighted by molar-refractivity contribution is 9.11. The highest BCUT2D eigenvalue weighted by Gasteiger charge is 2.22. The van der Waals surface area contributed by atoms with Crippen molar-refractivity contribution in [2.75, 3.05) is 6.54 Å². The highest BCUT2D eigenvalue weighted by Crippen LogP contribution is 2.26. The molecule has 7 heteroatoms. The number of sulfonamides is 1. The fourth-order valence-electron chi connectivity index (χ4n) is 1.74. The van der Waals surface area contributed by atoms with Crippen LogP contribution >= 0.6 is 31.9 Å². The van der Waals surface area contributed by atoms with E-state index in [0.29, 0.717) is 16.8 Å². The monoisotopic (exact) mass is 412 g/mol. The van der Waals surface area contributed by atoms with Gasteiger partial charge in [0.1, 0.15) is 0 Å². The second kappa shape index (κ2) is 7.17. The maximum atomic E-state index is 12.3. The van der Waals surface area contributed by atoms with Crippen molar-refractivity contribution in [3.63, 3.8) is 0 Å². The summed E-state index contributed by atoms with van der Waals surface area (Å²) < 4.78 is 28.6. The third-order valence-corrected chi connectivity index (χ3v) is 5.54. The summed E-state index contributed by atoms with van der Waals surface area (Å²) in [5.74, 6) is 0.379. The van der Waals surface area contributed by atoms with Crippen molar-refractivity contribution >= 4 is 41.9 Å². The third-order valence-electron chi connectivity index (χ3n) is 2.55.